The quantitative estimate of drug-likeness (QED) is 0.413. The van der Waals surface area contributed by atoms with Gasteiger partial charge in [0.25, 0.3) is 0 Å². The van der Waals surface area contributed by atoms with E-state index >= 15 is 0 Å². The van der Waals surface area contributed by atoms with Gasteiger partial charge in [-0.1, -0.05) is 52.0 Å². The van der Waals surface area contributed by atoms with Crippen LogP contribution in [0.25, 0.3) is 0 Å². The van der Waals surface area contributed by atoms with Crippen molar-refractivity contribution in [2.24, 2.45) is 0 Å². The van der Waals surface area contributed by atoms with Gasteiger partial charge >= 0.3 is 0 Å². The Morgan fingerprint density at radius 2 is 1.44 bits per heavy atom. The van der Waals surface area contributed by atoms with Crippen molar-refractivity contribution in [2.75, 3.05) is 0 Å². The van der Waals surface area contributed by atoms with Crippen LogP contribution in [0.3, 0.4) is 0 Å². The average Bonchev–Trinajstić information content (AvgIpc) is 2.53. The summed E-state index contributed by atoms with van der Waals surface area (Å²) >= 11 is 0.986. The molecule has 0 saturated carbocycles. The minimum Gasteiger partial charge on any atom is -0.744 e. The van der Waals surface area contributed by atoms with E-state index in [0.717, 1.165) is 22.2 Å². The van der Waals surface area contributed by atoms with Crippen LogP contribution in [-0.2, 0) is 21.9 Å². The van der Waals surface area contributed by atoms with Gasteiger partial charge in [-0.3, -0.25) is 0 Å². The maximum Gasteiger partial charge on any atom is 0.153 e. The number of rotatable bonds is 6. The Morgan fingerprint density at radius 3 is 1.92 bits per heavy atom. The zero-order valence-electron chi connectivity index (χ0n) is 15.4. The second-order valence-electron chi connectivity index (χ2n) is 6.93. The van der Waals surface area contributed by atoms with E-state index in [1.807, 2.05) is 63.2 Å². The zero-order valence-corrected chi connectivity index (χ0v) is 17.1. The fraction of sp³-hybridized carbons (Fsp3) is 0.400. The minimum absolute atomic E-state index is 0.0252. The van der Waals surface area contributed by atoms with Gasteiger partial charge in [-0.25, -0.2) is 8.42 Å². The first kappa shape index (κ1) is 20.0. The van der Waals surface area contributed by atoms with Crippen LogP contribution in [0, 0.1) is 0 Å². The summed E-state index contributed by atoms with van der Waals surface area (Å²) in [5.41, 5.74) is 2.34. The molecular weight excluding hydrogens is 352 g/mol. The molecule has 0 amide bonds. The van der Waals surface area contributed by atoms with Crippen molar-refractivity contribution < 1.29 is 13.0 Å². The molecule has 25 heavy (non-hydrogen) atoms. The van der Waals surface area contributed by atoms with Crippen LogP contribution in [-0.4, -0.2) is 13.0 Å². The number of hydrogen-bond donors (Lipinski definition) is 0. The van der Waals surface area contributed by atoms with E-state index in [2.05, 4.69) is 13.8 Å². The molecule has 1 unspecified atom stereocenters. The maximum atomic E-state index is 12.1. The Labute approximate surface area is 155 Å². The third-order valence-electron chi connectivity index (χ3n) is 4.26. The highest BCUT2D eigenvalue weighted by atomic mass is 32.2. The van der Waals surface area contributed by atoms with Crippen molar-refractivity contribution in [1.29, 1.82) is 0 Å². The SMILES string of the molecule is CC(C)c1cc(C(C)C)c(S(=O)(=O)[O-])c(C(C)[SH+]c2ccccc2)c1. The fourth-order valence-corrected chi connectivity index (χ4v) is 5.20. The van der Waals surface area contributed by atoms with Gasteiger partial charge in [-0.15, -0.1) is 0 Å². The summed E-state index contributed by atoms with van der Waals surface area (Å²) in [6.45, 7) is 9.99. The van der Waals surface area contributed by atoms with Gasteiger partial charge in [0.05, 0.1) is 4.90 Å². The van der Waals surface area contributed by atoms with Gasteiger partial charge in [0.1, 0.15) is 15.4 Å². The molecule has 2 aromatic rings. The molecule has 2 rings (SSSR count). The normalized spacial score (nSPS) is 13.4. The molecule has 0 aliphatic rings. The monoisotopic (exact) mass is 378 g/mol. The highest BCUT2D eigenvalue weighted by Crippen LogP contribution is 2.36. The predicted octanol–water partition coefficient (Wildman–Crippen LogP) is 4.77. The smallest absolute Gasteiger partial charge is 0.153 e. The molecular formula is C20H26O3S2. The molecule has 0 spiro atoms. The summed E-state index contributed by atoms with van der Waals surface area (Å²) in [5.74, 6) is 0.233. The minimum atomic E-state index is -4.54. The molecule has 0 radical (unpaired) electrons. The van der Waals surface area contributed by atoms with Gasteiger partial charge in [-0.05, 0) is 48.1 Å². The summed E-state index contributed by atoms with van der Waals surface area (Å²) in [6, 6.07) is 13.7. The summed E-state index contributed by atoms with van der Waals surface area (Å²) in [6.07, 6.45) is 0. The summed E-state index contributed by atoms with van der Waals surface area (Å²) in [4.78, 5) is 1.08. The highest BCUT2D eigenvalue weighted by molar-refractivity contribution is 7.86. The van der Waals surface area contributed by atoms with Crippen molar-refractivity contribution >= 4 is 21.9 Å². The third-order valence-corrected chi connectivity index (χ3v) is 6.49. The van der Waals surface area contributed by atoms with Crippen LogP contribution < -0.4 is 0 Å². The first-order chi connectivity index (χ1) is 11.6. The van der Waals surface area contributed by atoms with Crippen molar-refractivity contribution in [1.82, 2.24) is 0 Å². The lowest BCUT2D eigenvalue weighted by molar-refractivity contribution is 0.460. The lowest BCUT2D eigenvalue weighted by atomic mass is 9.92. The van der Waals surface area contributed by atoms with Crippen molar-refractivity contribution in [3.05, 3.63) is 59.2 Å². The Hall–Kier alpha value is -1.30. The maximum absolute atomic E-state index is 12.1. The molecule has 5 heteroatoms. The second-order valence-corrected chi connectivity index (χ2v) is 9.80. The Bertz CT molecular complexity index is 826. The van der Waals surface area contributed by atoms with Gasteiger partial charge in [0, 0.05) is 17.3 Å². The first-order valence-electron chi connectivity index (χ1n) is 8.50. The molecule has 3 nitrogen and oxygen atoms in total. The molecule has 0 aliphatic carbocycles. The Balaban J connectivity index is 2.64. The number of benzene rings is 2. The van der Waals surface area contributed by atoms with E-state index < -0.39 is 10.1 Å². The highest BCUT2D eigenvalue weighted by Gasteiger charge is 2.26. The van der Waals surface area contributed by atoms with Crippen molar-refractivity contribution in [2.45, 2.75) is 61.5 Å². The van der Waals surface area contributed by atoms with Crippen molar-refractivity contribution in [3.8, 4) is 0 Å². The fourth-order valence-electron chi connectivity index (χ4n) is 2.87. The lowest BCUT2D eigenvalue weighted by Gasteiger charge is -2.23. The number of hydrogen-bond acceptors (Lipinski definition) is 3. The van der Waals surface area contributed by atoms with Crippen LogP contribution in [0.4, 0.5) is 0 Å². The summed E-state index contributed by atoms with van der Waals surface area (Å²) < 4.78 is 36.2. The third kappa shape index (κ3) is 4.87. The van der Waals surface area contributed by atoms with E-state index in [4.69, 9.17) is 0 Å². The van der Waals surface area contributed by atoms with Gasteiger partial charge in [-0.2, -0.15) is 0 Å². The van der Waals surface area contributed by atoms with E-state index in [0.29, 0.717) is 11.1 Å². The standard InChI is InChI=1S/C20H26O3S2/c1-13(2)16-11-18(14(3)4)20(25(21,22)23)19(12-16)15(5)24-17-9-7-6-8-10-17/h6-15H,1-5H3,(H,21,22,23). The molecule has 0 fully saturated rings. The topological polar surface area (TPSA) is 57.2 Å². The molecule has 0 N–H and O–H groups in total. The van der Waals surface area contributed by atoms with E-state index in [1.54, 1.807) is 0 Å². The molecule has 1 atom stereocenters. The Kier molecular flexibility index (Phi) is 6.35. The van der Waals surface area contributed by atoms with Gasteiger partial charge in [0.15, 0.2) is 4.90 Å². The second kappa shape index (κ2) is 7.94. The average molecular weight is 379 g/mol. The number of thiol groups is 1. The Morgan fingerprint density at radius 1 is 0.880 bits per heavy atom. The molecule has 2 aromatic carbocycles. The van der Waals surface area contributed by atoms with E-state index in [9.17, 15) is 13.0 Å². The van der Waals surface area contributed by atoms with Crippen LogP contribution >= 0.6 is 0 Å². The molecule has 0 saturated heterocycles. The molecule has 136 valence electrons. The van der Waals surface area contributed by atoms with Crippen LogP contribution in [0.2, 0.25) is 0 Å². The van der Waals surface area contributed by atoms with Crippen LogP contribution in [0.5, 0.6) is 0 Å². The van der Waals surface area contributed by atoms with Gasteiger partial charge in [0.2, 0.25) is 0 Å². The molecule has 0 aliphatic heterocycles. The molecule has 0 aromatic heterocycles. The largest absolute Gasteiger partial charge is 0.744 e. The van der Waals surface area contributed by atoms with Crippen LogP contribution in [0.1, 0.15) is 68.4 Å². The first-order valence-corrected chi connectivity index (χ1v) is 10.9. The predicted molar refractivity (Wildman–Crippen MR) is 104 cm³/mol. The van der Waals surface area contributed by atoms with Crippen LogP contribution in [0.15, 0.2) is 52.3 Å². The summed E-state index contributed by atoms with van der Waals surface area (Å²) in [7, 11) is -4.54. The van der Waals surface area contributed by atoms with E-state index in [-0.39, 0.29) is 22.0 Å². The van der Waals surface area contributed by atoms with E-state index in [1.165, 1.54) is 0 Å². The van der Waals surface area contributed by atoms with Gasteiger partial charge < -0.3 is 4.55 Å². The zero-order chi connectivity index (χ0) is 18.8. The van der Waals surface area contributed by atoms with Crippen molar-refractivity contribution in [3.63, 3.8) is 0 Å². The molecule has 0 heterocycles. The lowest BCUT2D eigenvalue weighted by Crippen LogP contribution is -2.13. The summed E-state index contributed by atoms with van der Waals surface area (Å²) in [5, 5.41) is -0.0858. The molecule has 0 bridgehead atoms.